The number of carbonyl (C=O) groups excluding carboxylic acids is 3. The van der Waals surface area contributed by atoms with Crippen LogP contribution in [0.15, 0.2) is 21.5 Å². The van der Waals surface area contributed by atoms with E-state index in [4.69, 9.17) is 4.42 Å². The number of furan rings is 1. The van der Waals surface area contributed by atoms with Gasteiger partial charge in [0, 0.05) is 12.6 Å². The largest absolute Gasteiger partial charge is 0.462 e. The summed E-state index contributed by atoms with van der Waals surface area (Å²) >= 11 is 0.810. The summed E-state index contributed by atoms with van der Waals surface area (Å²) in [5, 5.41) is 2.19. The summed E-state index contributed by atoms with van der Waals surface area (Å²) in [7, 11) is 0. The van der Waals surface area contributed by atoms with E-state index in [-0.39, 0.29) is 17.4 Å². The Bertz CT molecular complexity index is 606. The minimum Gasteiger partial charge on any atom is -0.462 e. The lowest BCUT2D eigenvalue weighted by molar-refractivity contribution is -0.129. The highest BCUT2D eigenvalue weighted by Crippen LogP contribution is 2.32. The SMILES string of the molecule is CCCNC(=O)CN1C(=O)S/C(=C\c2ccc(C)o2)C1=O. The Balaban J connectivity index is 2.06. The highest BCUT2D eigenvalue weighted by molar-refractivity contribution is 8.18. The van der Waals surface area contributed by atoms with Gasteiger partial charge in [-0.05, 0) is 37.2 Å². The molecular formula is C14H16N2O4S. The maximum absolute atomic E-state index is 12.1. The van der Waals surface area contributed by atoms with Crippen molar-refractivity contribution in [3.05, 3.63) is 28.6 Å². The zero-order chi connectivity index (χ0) is 15.4. The molecule has 0 spiro atoms. The molecule has 0 saturated carbocycles. The number of imide groups is 1. The standard InChI is InChI=1S/C14H16N2O4S/c1-3-6-15-12(17)8-16-13(18)11(21-14(16)19)7-10-5-4-9(2)20-10/h4-5,7H,3,6,8H2,1-2H3,(H,15,17)/b11-7-. The molecule has 0 aromatic carbocycles. The second kappa shape index (κ2) is 6.62. The summed E-state index contributed by atoms with van der Waals surface area (Å²) in [5.41, 5.74) is 0. The number of amides is 3. The van der Waals surface area contributed by atoms with Gasteiger partial charge in [0.25, 0.3) is 11.1 Å². The zero-order valence-corrected chi connectivity index (χ0v) is 12.7. The lowest BCUT2D eigenvalue weighted by atomic mass is 10.3. The number of thioether (sulfide) groups is 1. The molecule has 2 rings (SSSR count). The molecule has 21 heavy (non-hydrogen) atoms. The van der Waals surface area contributed by atoms with E-state index >= 15 is 0 Å². The van der Waals surface area contributed by atoms with Crippen molar-refractivity contribution < 1.29 is 18.8 Å². The fraction of sp³-hybridized carbons (Fsp3) is 0.357. The molecule has 1 fully saturated rings. The smallest absolute Gasteiger partial charge is 0.294 e. The molecule has 0 aliphatic carbocycles. The number of nitrogens with zero attached hydrogens (tertiary/aromatic N) is 1. The third-order valence-electron chi connectivity index (χ3n) is 2.78. The van der Waals surface area contributed by atoms with Gasteiger partial charge in [-0.3, -0.25) is 19.3 Å². The van der Waals surface area contributed by atoms with E-state index in [1.807, 2.05) is 6.92 Å². The minimum atomic E-state index is -0.467. The van der Waals surface area contributed by atoms with Gasteiger partial charge in [0.2, 0.25) is 5.91 Å². The van der Waals surface area contributed by atoms with Crippen LogP contribution in [0.5, 0.6) is 0 Å². The van der Waals surface area contributed by atoms with Crippen molar-refractivity contribution in [3.8, 4) is 0 Å². The van der Waals surface area contributed by atoms with E-state index in [1.54, 1.807) is 19.1 Å². The predicted molar refractivity (Wildman–Crippen MR) is 79.4 cm³/mol. The van der Waals surface area contributed by atoms with E-state index in [1.165, 1.54) is 6.08 Å². The van der Waals surface area contributed by atoms with Crippen molar-refractivity contribution in [3.63, 3.8) is 0 Å². The van der Waals surface area contributed by atoms with Crippen LogP contribution in [0.2, 0.25) is 0 Å². The first-order valence-corrected chi connectivity index (χ1v) is 7.41. The van der Waals surface area contributed by atoms with E-state index in [2.05, 4.69) is 5.32 Å². The van der Waals surface area contributed by atoms with Crippen LogP contribution in [0.1, 0.15) is 24.9 Å². The molecule has 0 atom stereocenters. The van der Waals surface area contributed by atoms with Gasteiger partial charge in [0.1, 0.15) is 18.1 Å². The average Bonchev–Trinajstić information content (AvgIpc) is 2.95. The predicted octanol–water partition coefficient (Wildman–Crippen LogP) is 2.15. The van der Waals surface area contributed by atoms with Gasteiger partial charge in [-0.1, -0.05) is 6.92 Å². The monoisotopic (exact) mass is 308 g/mol. The third-order valence-corrected chi connectivity index (χ3v) is 3.69. The Kier molecular flexibility index (Phi) is 4.85. The van der Waals surface area contributed by atoms with Crippen molar-refractivity contribution in [2.45, 2.75) is 20.3 Å². The Hall–Kier alpha value is -2.02. The van der Waals surface area contributed by atoms with Crippen molar-refractivity contribution >= 4 is 34.9 Å². The van der Waals surface area contributed by atoms with E-state index in [9.17, 15) is 14.4 Å². The number of hydrogen-bond donors (Lipinski definition) is 1. The molecule has 2 heterocycles. The zero-order valence-electron chi connectivity index (χ0n) is 11.8. The topological polar surface area (TPSA) is 79.6 Å². The van der Waals surface area contributed by atoms with Gasteiger partial charge < -0.3 is 9.73 Å². The Labute approximate surface area is 126 Å². The quantitative estimate of drug-likeness (QED) is 0.843. The second-order valence-electron chi connectivity index (χ2n) is 4.57. The highest BCUT2D eigenvalue weighted by Gasteiger charge is 2.36. The fourth-order valence-corrected chi connectivity index (χ4v) is 2.58. The van der Waals surface area contributed by atoms with Crippen molar-refractivity contribution in [1.82, 2.24) is 10.2 Å². The van der Waals surface area contributed by atoms with Crippen LogP contribution in [0.3, 0.4) is 0 Å². The number of rotatable bonds is 5. The average molecular weight is 308 g/mol. The first-order valence-electron chi connectivity index (χ1n) is 6.59. The van der Waals surface area contributed by atoms with Crippen molar-refractivity contribution in [2.24, 2.45) is 0 Å². The number of aryl methyl sites for hydroxylation is 1. The highest BCUT2D eigenvalue weighted by atomic mass is 32.2. The van der Waals surface area contributed by atoms with E-state index in [0.717, 1.165) is 28.8 Å². The van der Waals surface area contributed by atoms with Gasteiger partial charge in [-0.15, -0.1) is 0 Å². The molecule has 1 saturated heterocycles. The van der Waals surface area contributed by atoms with Crippen molar-refractivity contribution in [2.75, 3.05) is 13.1 Å². The summed E-state index contributed by atoms with van der Waals surface area (Å²) in [6, 6.07) is 3.49. The Morgan fingerprint density at radius 3 is 2.81 bits per heavy atom. The molecule has 112 valence electrons. The van der Waals surface area contributed by atoms with Crippen LogP contribution in [0.4, 0.5) is 4.79 Å². The molecule has 1 aromatic rings. The number of nitrogens with one attached hydrogen (secondary N) is 1. The van der Waals surface area contributed by atoms with Crippen LogP contribution in [0, 0.1) is 6.92 Å². The maximum Gasteiger partial charge on any atom is 0.294 e. The molecular weight excluding hydrogens is 292 g/mol. The summed E-state index contributed by atoms with van der Waals surface area (Å²) in [4.78, 5) is 36.8. The van der Waals surface area contributed by atoms with Gasteiger partial charge in [0.15, 0.2) is 0 Å². The van der Waals surface area contributed by atoms with Crippen LogP contribution < -0.4 is 5.32 Å². The Morgan fingerprint density at radius 1 is 1.43 bits per heavy atom. The van der Waals surface area contributed by atoms with Gasteiger partial charge in [0.05, 0.1) is 4.91 Å². The van der Waals surface area contributed by atoms with Gasteiger partial charge in [-0.25, -0.2) is 0 Å². The van der Waals surface area contributed by atoms with E-state index < -0.39 is 11.1 Å². The van der Waals surface area contributed by atoms with Crippen LogP contribution in [0.25, 0.3) is 6.08 Å². The van der Waals surface area contributed by atoms with Crippen LogP contribution >= 0.6 is 11.8 Å². The summed E-state index contributed by atoms with van der Waals surface area (Å²) in [6.07, 6.45) is 2.31. The maximum atomic E-state index is 12.1. The lowest BCUT2D eigenvalue weighted by Crippen LogP contribution is -2.39. The first kappa shape index (κ1) is 15.4. The summed E-state index contributed by atoms with van der Waals surface area (Å²) in [6.45, 7) is 3.99. The first-order chi connectivity index (χ1) is 10.0. The molecule has 1 aliphatic heterocycles. The van der Waals surface area contributed by atoms with Crippen molar-refractivity contribution in [1.29, 1.82) is 0 Å². The molecule has 0 radical (unpaired) electrons. The van der Waals surface area contributed by atoms with Gasteiger partial charge >= 0.3 is 0 Å². The van der Waals surface area contributed by atoms with E-state index in [0.29, 0.717) is 12.3 Å². The summed E-state index contributed by atoms with van der Waals surface area (Å²) < 4.78 is 5.35. The molecule has 1 aliphatic rings. The van der Waals surface area contributed by atoms with Gasteiger partial charge in [-0.2, -0.15) is 0 Å². The molecule has 1 aromatic heterocycles. The molecule has 3 amide bonds. The number of carbonyl (C=O) groups is 3. The molecule has 0 bridgehead atoms. The normalized spacial score (nSPS) is 16.9. The number of hydrogen-bond acceptors (Lipinski definition) is 5. The molecule has 0 unspecified atom stereocenters. The van der Waals surface area contributed by atoms with Crippen LogP contribution in [-0.4, -0.2) is 35.0 Å². The minimum absolute atomic E-state index is 0.251. The van der Waals surface area contributed by atoms with Crippen LogP contribution in [-0.2, 0) is 9.59 Å². The fourth-order valence-electron chi connectivity index (χ4n) is 1.76. The molecule has 6 nitrogen and oxygen atoms in total. The lowest BCUT2D eigenvalue weighted by Gasteiger charge is -2.11. The summed E-state index contributed by atoms with van der Waals surface area (Å²) in [5.74, 6) is 0.424. The Morgan fingerprint density at radius 2 is 2.19 bits per heavy atom. The molecule has 1 N–H and O–H groups in total. The third kappa shape index (κ3) is 3.75. The molecule has 7 heteroatoms. The second-order valence-corrected chi connectivity index (χ2v) is 5.56.